The predicted octanol–water partition coefficient (Wildman–Crippen LogP) is 4.27. The number of hydrogen-bond acceptors (Lipinski definition) is 3. The van der Waals surface area contributed by atoms with Gasteiger partial charge >= 0.3 is 0 Å². The quantitative estimate of drug-likeness (QED) is 0.568. The van der Waals surface area contributed by atoms with E-state index < -0.39 is 0 Å². The summed E-state index contributed by atoms with van der Waals surface area (Å²) in [5.74, 6) is 0.517. The first kappa shape index (κ1) is 12.0. The van der Waals surface area contributed by atoms with E-state index in [9.17, 15) is 5.26 Å². The summed E-state index contributed by atoms with van der Waals surface area (Å²) in [5, 5.41) is 9.51. The number of aromatic nitrogens is 1. The fourth-order valence-electron chi connectivity index (χ4n) is 2.72. The highest BCUT2D eigenvalue weighted by atomic mass is 32.1. The maximum absolute atomic E-state index is 9.51. The highest BCUT2D eigenvalue weighted by Crippen LogP contribution is 2.41. The summed E-state index contributed by atoms with van der Waals surface area (Å²) in [6.45, 7) is 0. The van der Waals surface area contributed by atoms with Crippen LogP contribution in [0.1, 0.15) is 5.56 Å². The second kappa shape index (κ2) is 4.37. The lowest BCUT2D eigenvalue weighted by molar-refractivity contribution is 1.31. The van der Waals surface area contributed by atoms with Gasteiger partial charge in [0.15, 0.2) is 0 Å². The van der Waals surface area contributed by atoms with Crippen LogP contribution >= 0.6 is 11.3 Å². The number of thiazole rings is 1. The lowest BCUT2D eigenvalue weighted by atomic mass is 10.1. The summed E-state index contributed by atoms with van der Waals surface area (Å²) in [4.78, 5) is 1.02. The van der Waals surface area contributed by atoms with Crippen LogP contribution < -0.4 is 5.73 Å². The molecule has 4 aromatic rings. The first-order chi connectivity index (χ1) is 10.3. The van der Waals surface area contributed by atoms with Gasteiger partial charge in [0.2, 0.25) is 0 Å². The molecule has 3 nitrogen and oxygen atoms in total. The Balaban J connectivity index is 2.22. The molecule has 0 fully saturated rings. The highest BCUT2D eigenvalue weighted by Gasteiger charge is 2.21. The summed E-state index contributed by atoms with van der Waals surface area (Å²) in [5.41, 5.74) is 9.80. The Morgan fingerprint density at radius 2 is 1.71 bits per heavy atom. The monoisotopic (exact) mass is 289 g/mol. The van der Waals surface area contributed by atoms with E-state index in [1.54, 1.807) is 11.3 Å². The number of benzene rings is 2. The van der Waals surface area contributed by atoms with Crippen LogP contribution in [0.25, 0.3) is 26.2 Å². The topological polar surface area (TPSA) is 54.2 Å². The van der Waals surface area contributed by atoms with Crippen molar-refractivity contribution in [3.63, 3.8) is 0 Å². The van der Waals surface area contributed by atoms with Gasteiger partial charge in [-0.15, -0.1) is 11.3 Å². The average molecular weight is 289 g/mol. The molecule has 0 aliphatic heterocycles. The fraction of sp³-hybridized carbons (Fsp3) is 0. The normalized spacial score (nSPS) is 11.0. The van der Waals surface area contributed by atoms with Gasteiger partial charge in [-0.05, 0) is 17.7 Å². The van der Waals surface area contributed by atoms with Gasteiger partial charge in [0.25, 0.3) is 0 Å². The Hall–Kier alpha value is -2.77. The predicted molar refractivity (Wildman–Crippen MR) is 87.3 cm³/mol. The smallest absolute Gasteiger partial charge is 0.128 e. The average Bonchev–Trinajstić information content (AvgIpc) is 3.03. The first-order valence-electron chi connectivity index (χ1n) is 6.58. The van der Waals surface area contributed by atoms with Crippen molar-refractivity contribution in [2.24, 2.45) is 0 Å². The second-order valence-electron chi connectivity index (χ2n) is 4.82. The summed E-state index contributed by atoms with van der Waals surface area (Å²) >= 11 is 1.67. The van der Waals surface area contributed by atoms with Gasteiger partial charge in [0.05, 0.1) is 10.2 Å². The Labute approximate surface area is 125 Å². The molecular formula is C17H11N3S. The molecule has 0 unspecified atom stereocenters. The number of fused-ring (bicyclic) bond motifs is 3. The minimum Gasteiger partial charge on any atom is -0.384 e. The van der Waals surface area contributed by atoms with E-state index in [-0.39, 0.29) is 0 Å². The van der Waals surface area contributed by atoms with Crippen LogP contribution in [-0.2, 0) is 0 Å². The largest absolute Gasteiger partial charge is 0.384 e. The lowest BCUT2D eigenvalue weighted by Gasteiger charge is -1.98. The molecule has 4 rings (SSSR count). The molecule has 0 amide bonds. The zero-order valence-corrected chi connectivity index (χ0v) is 11.9. The van der Waals surface area contributed by atoms with Crippen molar-refractivity contribution in [3.05, 3.63) is 60.2 Å². The lowest BCUT2D eigenvalue weighted by Crippen LogP contribution is -1.93. The van der Waals surface area contributed by atoms with E-state index in [4.69, 9.17) is 5.73 Å². The molecule has 2 aromatic carbocycles. The zero-order valence-electron chi connectivity index (χ0n) is 11.1. The minimum absolute atomic E-state index is 0.517. The first-order valence-corrected chi connectivity index (χ1v) is 7.40. The molecule has 100 valence electrons. The molecule has 0 aliphatic carbocycles. The molecule has 21 heavy (non-hydrogen) atoms. The summed E-state index contributed by atoms with van der Waals surface area (Å²) in [7, 11) is 0. The van der Waals surface area contributed by atoms with Crippen molar-refractivity contribution in [2.45, 2.75) is 0 Å². The Bertz CT molecular complexity index is 1000. The van der Waals surface area contributed by atoms with Crippen LogP contribution in [-0.4, -0.2) is 4.40 Å². The number of hydrogen-bond donors (Lipinski definition) is 1. The number of nitrogen functional groups attached to an aromatic ring is 1. The van der Waals surface area contributed by atoms with E-state index >= 15 is 0 Å². The maximum atomic E-state index is 9.51. The van der Waals surface area contributed by atoms with Gasteiger partial charge in [0.1, 0.15) is 22.3 Å². The number of nitrogens with two attached hydrogens (primary N) is 1. The van der Waals surface area contributed by atoms with Crippen LogP contribution in [0.15, 0.2) is 54.6 Å². The van der Waals surface area contributed by atoms with E-state index in [1.165, 1.54) is 4.70 Å². The molecular weight excluding hydrogens is 278 g/mol. The SMILES string of the molecule is N#Cc1c(-c2ccccc2)c2sc3ccccc3n2c1N. The van der Waals surface area contributed by atoms with Crippen molar-refractivity contribution in [1.29, 1.82) is 5.26 Å². The number of rotatable bonds is 1. The van der Waals surface area contributed by atoms with Crippen molar-refractivity contribution in [2.75, 3.05) is 5.73 Å². The highest BCUT2D eigenvalue weighted by molar-refractivity contribution is 7.24. The van der Waals surface area contributed by atoms with Crippen molar-refractivity contribution in [1.82, 2.24) is 4.40 Å². The van der Waals surface area contributed by atoms with Crippen LogP contribution in [0.2, 0.25) is 0 Å². The van der Waals surface area contributed by atoms with Gasteiger partial charge < -0.3 is 5.73 Å². The number of para-hydroxylation sites is 1. The van der Waals surface area contributed by atoms with Crippen molar-refractivity contribution < 1.29 is 0 Å². The maximum Gasteiger partial charge on any atom is 0.128 e. The van der Waals surface area contributed by atoms with Crippen LogP contribution in [0.5, 0.6) is 0 Å². The third kappa shape index (κ3) is 1.58. The molecule has 0 saturated carbocycles. The third-order valence-electron chi connectivity index (χ3n) is 3.65. The Morgan fingerprint density at radius 1 is 1.00 bits per heavy atom. The van der Waals surface area contributed by atoms with Gasteiger partial charge in [-0.2, -0.15) is 5.26 Å². The molecule has 2 N–H and O–H groups in total. The van der Waals surface area contributed by atoms with Gasteiger partial charge in [-0.1, -0.05) is 42.5 Å². The molecule has 0 saturated heterocycles. The van der Waals surface area contributed by atoms with Gasteiger partial charge in [-0.3, -0.25) is 4.40 Å². The summed E-state index contributed by atoms with van der Waals surface area (Å²) < 4.78 is 3.15. The van der Waals surface area contributed by atoms with E-state index in [0.29, 0.717) is 11.4 Å². The molecule has 2 aromatic heterocycles. The van der Waals surface area contributed by atoms with E-state index in [0.717, 1.165) is 21.5 Å². The fourth-order valence-corrected chi connectivity index (χ4v) is 3.95. The van der Waals surface area contributed by atoms with Gasteiger partial charge in [-0.25, -0.2) is 0 Å². The molecule has 0 atom stereocenters. The van der Waals surface area contributed by atoms with E-state index in [2.05, 4.69) is 12.1 Å². The molecule has 0 spiro atoms. The number of nitrogens with zero attached hydrogens (tertiary/aromatic N) is 2. The van der Waals surface area contributed by atoms with Gasteiger partial charge in [0, 0.05) is 5.56 Å². The van der Waals surface area contributed by atoms with Crippen molar-refractivity contribution in [3.8, 4) is 17.2 Å². The molecule has 4 heteroatoms. The van der Waals surface area contributed by atoms with Crippen LogP contribution in [0.3, 0.4) is 0 Å². The summed E-state index contributed by atoms with van der Waals surface area (Å²) in [6.07, 6.45) is 0. The summed E-state index contributed by atoms with van der Waals surface area (Å²) in [6, 6.07) is 20.3. The van der Waals surface area contributed by atoms with E-state index in [1.807, 2.05) is 52.9 Å². The molecule has 0 radical (unpaired) electrons. The molecule has 0 bridgehead atoms. The molecule has 2 heterocycles. The number of nitriles is 1. The Kier molecular flexibility index (Phi) is 2.50. The zero-order chi connectivity index (χ0) is 14.4. The third-order valence-corrected chi connectivity index (χ3v) is 4.80. The van der Waals surface area contributed by atoms with Crippen LogP contribution in [0.4, 0.5) is 5.82 Å². The second-order valence-corrected chi connectivity index (χ2v) is 5.85. The molecule has 0 aliphatic rings. The number of anilines is 1. The van der Waals surface area contributed by atoms with Crippen LogP contribution in [0, 0.1) is 11.3 Å². The van der Waals surface area contributed by atoms with Crippen molar-refractivity contribution >= 4 is 32.2 Å². The Morgan fingerprint density at radius 3 is 2.48 bits per heavy atom. The minimum atomic E-state index is 0.517. The standard InChI is InChI=1S/C17H11N3S/c18-10-12-15(11-6-2-1-3-7-11)17-20(16(12)19)13-8-4-5-9-14(13)21-17/h1-9H,19H2.